The predicted octanol–water partition coefficient (Wildman–Crippen LogP) is 2.61. The van der Waals surface area contributed by atoms with Crippen molar-refractivity contribution >= 4 is 22.8 Å². The molecule has 4 rings (SSSR count). The van der Waals surface area contributed by atoms with Gasteiger partial charge in [0.1, 0.15) is 18.1 Å². The number of esters is 1. The first-order valence-electron chi connectivity index (χ1n) is 10.2. The molecule has 8 nitrogen and oxygen atoms in total. The Kier molecular flexibility index (Phi) is 6.17. The van der Waals surface area contributed by atoms with Crippen molar-refractivity contribution in [3.8, 4) is 11.4 Å². The normalized spacial score (nSPS) is 11.7. The Morgan fingerprint density at radius 2 is 1.73 bits per heavy atom. The van der Waals surface area contributed by atoms with Crippen molar-refractivity contribution in [1.29, 1.82) is 0 Å². The van der Waals surface area contributed by atoms with Crippen molar-refractivity contribution in [2.75, 3.05) is 7.11 Å². The monoisotopic (exact) mass is 443 g/mol. The van der Waals surface area contributed by atoms with Gasteiger partial charge in [0.2, 0.25) is 0 Å². The van der Waals surface area contributed by atoms with Gasteiger partial charge in [0.05, 0.1) is 23.7 Å². The third-order valence-electron chi connectivity index (χ3n) is 5.24. The molecule has 0 spiro atoms. The van der Waals surface area contributed by atoms with Crippen LogP contribution < -0.4 is 10.9 Å². The summed E-state index contributed by atoms with van der Waals surface area (Å²) in [5, 5.41) is 12.6. The van der Waals surface area contributed by atoms with Gasteiger partial charge in [0, 0.05) is 12.0 Å². The summed E-state index contributed by atoms with van der Waals surface area (Å²) in [6, 6.07) is 18.9. The zero-order valence-corrected chi connectivity index (χ0v) is 17.8. The average molecular weight is 443 g/mol. The number of ether oxygens (including phenoxy) is 1. The number of nitrogens with one attached hydrogen (secondary N) is 1. The van der Waals surface area contributed by atoms with Gasteiger partial charge in [-0.15, -0.1) is 0 Å². The smallest absolute Gasteiger partial charge is 0.328 e. The molecule has 1 aromatic heterocycles. The number of phenolic OH excluding ortho intramolecular Hbond substituents is 1. The van der Waals surface area contributed by atoms with Crippen LogP contribution in [0.25, 0.3) is 16.6 Å². The van der Waals surface area contributed by atoms with Gasteiger partial charge < -0.3 is 15.2 Å². The van der Waals surface area contributed by atoms with E-state index in [1.807, 2.05) is 6.07 Å². The molecule has 0 saturated heterocycles. The minimum absolute atomic E-state index is 0.109. The number of para-hydroxylation sites is 1. The van der Waals surface area contributed by atoms with Gasteiger partial charge in [-0.1, -0.05) is 24.3 Å². The van der Waals surface area contributed by atoms with E-state index in [0.29, 0.717) is 22.2 Å². The fourth-order valence-electron chi connectivity index (χ4n) is 3.47. The number of aromatic hydroxyl groups is 1. The standard InChI is InChI=1S/C25H21N3O5/c1-33-25(32)22(14-16-6-12-19(29)13-7-16)27-23(30)17-8-10-18(11-9-17)28-15-26-21-5-3-2-4-20(21)24(28)31/h2-13,15,22,29H,14H2,1H3,(H,27,30)/t22-/m0/s1. The summed E-state index contributed by atoms with van der Waals surface area (Å²) in [5.41, 5.74) is 2.03. The van der Waals surface area contributed by atoms with Gasteiger partial charge in [-0.05, 0) is 54.1 Å². The topological polar surface area (TPSA) is 111 Å². The summed E-state index contributed by atoms with van der Waals surface area (Å²) in [5.74, 6) is -0.931. The van der Waals surface area contributed by atoms with Crippen LogP contribution in [0.5, 0.6) is 5.75 Å². The first kappa shape index (κ1) is 21.8. The summed E-state index contributed by atoms with van der Waals surface area (Å²) < 4.78 is 6.23. The third-order valence-corrected chi connectivity index (χ3v) is 5.24. The minimum atomic E-state index is -0.904. The van der Waals surface area contributed by atoms with Gasteiger partial charge in [-0.3, -0.25) is 14.2 Å². The molecule has 1 heterocycles. The van der Waals surface area contributed by atoms with E-state index >= 15 is 0 Å². The number of hydrogen-bond acceptors (Lipinski definition) is 6. The molecule has 0 radical (unpaired) electrons. The van der Waals surface area contributed by atoms with Crippen molar-refractivity contribution in [2.45, 2.75) is 12.5 Å². The molecule has 0 saturated carbocycles. The van der Waals surface area contributed by atoms with Crippen LogP contribution in [0.4, 0.5) is 0 Å². The first-order valence-corrected chi connectivity index (χ1v) is 10.2. The molecule has 0 bridgehead atoms. The summed E-state index contributed by atoms with van der Waals surface area (Å²) in [4.78, 5) is 42.1. The van der Waals surface area contributed by atoms with Crippen LogP contribution >= 0.6 is 0 Å². The molecule has 0 unspecified atom stereocenters. The number of hydrogen-bond donors (Lipinski definition) is 2. The van der Waals surface area contributed by atoms with E-state index in [1.54, 1.807) is 54.6 Å². The Morgan fingerprint density at radius 3 is 2.42 bits per heavy atom. The summed E-state index contributed by atoms with van der Waals surface area (Å²) in [6.45, 7) is 0. The minimum Gasteiger partial charge on any atom is -0.508 e. The van der Waals surface area contributed by atoms with E-state index in [4.69, 9.17) is 4.74 Å². The highest BCUT2D eigenvalue weighted by Gasteiger charge is 2.22. The second-order valence-corrected chi connectivity index (χ2v) is 7.40. The fourth-order valence-corrected chi connectivity index (χ4v) is 3.47. The lowest BCUT2D eigenvalue weighted by Gasteiger charge is -2.17. The van der Waals surface area contributed by atoms with Crippen molar-refractivity contribution in [3.05, 3.63) is 101 Å². The molecule has 0 fully saturated rings. The highest BCUT2D eigenvalue weighted by Crippen LogP contribution is 2.14. The molecule has 1 atom stereocenters. The summed E-state index contributed by atoms with van der Waals surface area (Å²) in [6.07, 6.45) is 1.65. The molecule has 4 aromatic rings. The van der Waals surface area contributed by atoms with E-state index in [1.165, 1.54) is 30.1 Å². The van der Waals surface area contributed by atoms with Crippen LogP contribution in [0.15, 0.2) is 83.9 Å². The maximum absolute atomic E-state index is 12.8. The molecular formula is C25H21N3O5. The number of aromatic nitrogens is 2. The number of methoxy groups -OCH3 is 1. The number of amides is 1. The molecule has 1 amide bonds. The molecule has 0 aliphatic carbocycles. The first-order chi connectivity index (χ1) is 16.0. The number of carbonyl (C=O) groups is 2. The van der Waals surface area contributed by atoms with Crippen molar-refractivity contribution in [2.24, 2.45) is 0 Å². The van der Waals surface area contributed by atoms with Crippen LogP contribution in [0.2, 0.25) is 0 Å². The molecule has 33 heavy (non-hydrogen) atoms. The third kappa shape index (κ3) is 4.74. The number of benzene rings is 3. The van der Waals surface area contributed by atoms with Crippen LogP contribution in [-0.2, 0) is 16.0 Å². The molecule has 166 valence electrons. The Labute approximate surface area is 189 Å². The lowest BCUT2D eigenvalue weighted by atomic mass is 10.0. The van der Waals surface area contributed by atoms with Gasteiger partial charge >= 0.3 is 5.97 Å². The molecule has 3 aromatic carbocycles. The average Bonchev–Trinajstić information content (AvgIpc) is 2.85. The molecular weight excluding hydrogens is 422 g/mol. The van der Waals surface area contributed by atoms with Crippen molar-refractivity contribution < 1.29 is 19.4 Å². The largest absolute Gasteiger partial charge is 0.508 e. The fraction of sp³-hybridized carbons (Fsp3) is 0.120. The van der Waals surface area contributed by atoms with Gasteiger partial charge in [-0.2, -0.15) is 0 Å². The molecule has 0 aliphatic rings. The highest BCUT2D eigenvalue weighted by atomic mass is 16.5. The van der Waals surface area contributed by atoms with Crippen LogP contribution in [0.3, 0.4) is 0 Å². The quantitative estimate of drug-likeness (QED) is 0.443. The second-order valence-electron chi connectivity index (χ2n) is 7.40. The van der Waals surface area contributed by atoms with E-state index in [9.17, 15) is 19.5 Å². The number of phenols is 1. The molecule has 8 heteroatoms. The van der Waals surface area contributed by atoms with Gasteiger partial charge in [0.25, 0.3) is 11.5 Å². The lowest BCUT2D eigenvalue weighted by molar-refractivity contribution is -0.142. The van der Waals surface area contributed by atoms with E-state index in [-0.39, 0.29) is 17.7 Å². The lowest BCUT2D eigenvalue weighted by Crippen LogP contribution is -2.43. The zero-order chi connectivity index (χ0) is 23.4. The Bertz CT molecular complexity index is 1360. The second kappa shape index (κ2) is 9.35. The van der Waals surface area contributed by atoms with E-state index in [2.05, 4.69) is 10.3 Å². The highest BCUT2D eigenvalue weighted by molar-refractivity contribution is 5.97. The Balaban J connectivity index is 1.53. The van der Waals surface area contributed by atoms with Crippen LogP contribution in [-0.4, -0.2) is 39.7 Å². The molecule has 2 N–H and O–H groups in total. The maximum Gasteiger partial charge on any atom is 0.328 e. The zero-order valence-electron chi connectivity index (χ0n) is 17.8. The van der Waals surface area contributed by atoms with Crippen LogP contribution in [0, 0.1) is 0 Å². The predicted molar refractivity (Wildman–Crippen MR) is 122 cm³/mol. The number of rotatable bonds is 6. The summed E-state index contributed by atoms with van der Waals surface area (Å²) >= 11 is 0. The molecule has 0 aliphatic heterocycles. The van der Waals surface area contributed by atoms with Gasteiger partial charge in [-0.25, -0.2) is 9.78 Å². The maximum atomic E-state index is 12.8. The van der Waals surface area contributed by atoms with Crippen molar-refractivity contribution in [1.82, 2.24) is 14.9 Å². The van der Waals surface area contributed by atoms with E-state index < -0.39 is 17.9 Å². The number of nitrogens with zero attached hydrogens (tertiary/aromatic N) is 2. The van der Waals surface area contributed by atoms with Gasteiger partial charge in [0.15, 0.2) is 0 Å². The number of fused-ring (bicyclic) bond motifs is 1. The summed E-state index contributed by atoms with van der Waals surface area (Å²) in [7, 11) is 1.25. The Hall–Kier alpha value is -4.46. The number of carbonyl (C=O) groups excluding carboxylic acids is 2. The van der Waals surface area contributed by atoms with Crippen molar-refractivity contribution in [3.63, 3.8) is 0 Å². The van der Waals surface area contributed by atoms with Crippen LogP contribution in [0.1, 0.15) is 15.9 Å². The van der Waals surface area contributed by atoms with E-state index in [0.717, 1.165) is 5.56 Å². The SMILES string of the molecule is COC(=O)[C@H](Cc1ccc(O)cc1)NC(=O)c1ccc(-n2cnc3ccccc3c2=O)cc1. The Morgan fingerprint density at radius 1 is 1.03 bits per heavy atom.